The molecular formula is C8H13NO3S. The zero-order chi connectivity index (χ0) is 10.1. The van der Waals surface area contributed by atoms with Gasteiger partial charge in [0.2, 0.25) is 0 Å². The average Bonchev–Trinajstić information content (AvgIpc) is 1.93. The van der Waals surface area contributed by atoms with Gasteiger partial charge in [-0.05, 0) is 0 Å². The summed E-state index contributed by atoms with van der Waals surface area (Å²) in [6, 6.07) is 0. The zero-order valence-corrected chi connectivity index (χ0v) is 8.43. The summed E-state index contributed by atoms with van der Waals surface area (Å²) >= 11 is 0. The first-order valence-corrected chi connectivity index (χ1v) is 6.07. The highest BCUT2D eigenvalue weighted by Gasteiger charge is 2.24. The Balaban J connectivity index is 2.31. The molecule has 1 aliphatic rings. The second kappa shape index (κ2) is 3.49. The van der Waals surface area contributed by atoms with E-state index in [0.717, 1.165) is 5.70 Å². The Labute approximate surface area is 78.1 Å². The lowest BCUT2D eigenvalue weighted by Gasteiger charge is -2.33. The molecule has 0 atom stereocenters. The van der Waals surface area contributed by atoms with Crippen molar-refractivity contribution in [3.05, 3.63) is 12.3 Å². The third kappa shape index (κ3) is 3.18. The van der Waals surface area contributed by atoms with E-state index in [1.807, 2.05) is 0 Å². The number of hydrogen-bond donors (Lipinski definition) is 0. The standard InChI is InChI=1S/C8H13NO3S/c1-7(3-4-13(2,11)12)9-5-8(10)6-9/h1,3-6H2,2H3. The molecule has 1 saturated heterocycles. The van der Waals surface area contributed by atoms with Crippen LogP contribution in [0.4, 0.5) is 0 Å². The minimum absolute atomic E-state index is 0.108. The highest BCUT2D eigenvalue weighted by molar-refractivity contribution is 7.90. The van der Waals surface area contributed by atoms with Gasteiger partial charge < -0.3 is 4.90 Å². The number of allylic oxidation sites excluding steroid dienone is 1. The summed E-state index contributed by atoms with van der Waals surface area (Å²) in [4.78, 5) is 12.4. The molecule has 0 radical (unpaired) electrons. The van der Waals surface area contributed by atoms with Crippen LogP contribution >= 0.6 is 0 Å². The predicted octanol–water partition coefficient (Wildman–Crippen LogP) is -0.180. The molecule has 74 valence electrons. The SMILES string of the molecule is C=C(CCS(C)(=O)=O)N1CC(=O)C1. The van der Waals surface area contributed by atoms with Gasteiger partial charge in [0.15, 0.2) is 5.78 Å². The van der Waals surface area contributed by atoms with Crippen LogP contribution < -0.4 is 0 Å². The molecule has 0 unspecified atom stereocenters. The summed E-state index contributed by atoms with van der Waals surface area (Å²) in [5.41, 5.74) is 0.741. The van der Waals surface area contributed by atoms with Crippen LogP contribution in [-0.2, 0) is 14.6 Å². The summed E-state index contributed by atoms with van der Waals surface area (Å²) in [6.07, 6.45) is 1.62. The molecule has 4 nitrogen and oxygen atoms in total. The van der Waals surface area contributed by atoms with Gasteiger partial charge in [0.25, 0.3) is 0 Å². The average molecular weight is 203 g/mol. The topological polar surface area (TPSA) is 54.5 Å². The first-order valence-electron chi connectivity index (χ1n) is 4.00. The summed E-state index contributed by atoms with van der Waals surface area (Å²) in [5, 5.41) is 0. The molecular weight excluding hydrogens is 190 g/mol. The molecule has 0 amide bonds. The van der Waals surface area contributed by atoms with Gasteiger partial charge in [0.1, 0.15) is 9.84 Å². The van der Waals surface area contributed by atoms with Crippen LogP contribution in [0.2, 0.25) is 0 Å². The minimum atomic E-state index is -2.92. The van der Waals surface area contributed by atoms with E-state index < -0.39 is 9.84 Å². The van der Waals surface area contributed by atoms with Gasteiger partial charge in [0, 0.05) is 18.4 Å². The molecule has 1 fully saturated rings. The Morgan fingerprint density at radius 1 is 1.54 bits per heavy atom. The number of carbonyl (C=O) groups is 1. The molecule has 0 aromatic carbocycles. The van der Waals surface area contributed by atoms with Crippen LogP contribution in [0.3, 0.4) is 0 Å². The normalized spacial score (nSPS) is 17.0. The van der Waals surface area contributed by atoms with Crippen molar-refractivity contribution in [3.63, 3.8) is 0 Å². The molecule has 0 aromatic heterocycles. The summed E-state index contributed by atoms with van der Waals surface area (Å²) < 4.78 is 21.6. The molecule has 1 aliphatic heterocycles. The van der Waals surface area contributed by atoms with Gasteiger partial charge in [-0.3, -0.25) is 4.79 Å². The number of rotatable bonds is 4. The molecule has 0 spiro atoms. The van der Waals surface area contributed by atoms with Crippen LogP contribution in [0.15, 0.2) is 12.3 Å². The van der Waals surface area contributed by atoms with Crippen LogP contribution in [0, 0.1) is 0 Å². The van der Waals surface area contributed by atoms with E-state index in [-0.39, 0.29) is 11.5 Å². The Morgan fingerprint density at radius 2 is 2.08 bits per heavy atom. The van der Waals surface area contributed by atoms with E-state index in [4.69, 9.17) is 0 Å². The van der Waals surface area contributed by atoms with Gasteiger partial charge >= 0.3 is 0 Å². The van der Waals surface area contributed by atoms with Crippen LogP contribution in [0.25, 0.3) is 0 Å². The quantitative estimate of drug-likeness (QED) is 0.636. The van der Waals surface area contributed by atoms with Gasteiger partial charge in [0.05, 0.1) is 18.8 Å². The lowest BCUT2D eigenvalue weighted by Crippen LogP contribution is -2.46. The minimum Gasteiger partial charge on any atom is -0.361 e. The fourth-order valence-electron chi connectivity index (χ4n) is 1.06. The Kier molecular flexibility index (Phi) is 2.75. The molecule has 0 aliphatic carbocycles. The number of Topliss-reactive ketones (excluding diaryl/α,β-unsaturated/α-hetero) is 1. The van der Waals surface area contributed by atoms with Crippen molar-refractivity contribution in [2.45, 2.75) is 6.42 Å². The maximum absolute atomic E-state index is 10.8. The van der Waals surface area contributed by atoms with Crippen molar-refractivity contribution in [2.75, 3.05) is 25.1 Å². The molecule has 13 heavy (non-hydrogen) atoms. The second-order valence-corrected chi connectivity index (χ2v) is 5.60. The van der Waals surface area contributed by atoms with Crippen molar-refractivity contribution in [3.8, 4) is 0 Å². The maximum atomic E-state index is 10.8. The maximum Gasteiger partial charge on any atom is 0.171 e. The van der Waals surface area contributed by atoms with Gasteiger partial charge in [-0.15, -0.1) is 0 Å². The fraction of sp³-hybridized carbons (Fsp3) is 0.625. The molecule has 0 aromatic rings. The Morgan fingerprint density at radius 3 is 2.46 bits per heavy atom. The number of sulfone groups is 1. The monoisotopic (exact) mass is 203 g/mol. The van der Waals surface area contributed by atoms with E-state index in [9.17, 15) is 13.2 Å². The summed E-state index contributed by atoms with van der Waals surface area (Å²) in [5.74, 6) is 0.289. The number of hydrogen-bond acceptors (Lipinski definition) is 4. The number of carbonyl (C=O) groups excluding carboxylic acids is 1. The molecule has 1 heterocycles. The van der Waals surface area contributed by atoms with Gasteiger partial charge in [-0.2, -0.15) is 0 Å². The lowest BCUT2D eigenvalue weighted by atomic mass is 10.1. The first kappa shape index (κ1) is 10.2. The van der Waals surface area contributed by atoms with Crippen LogP contribution in [-0.4, -0.2) is 44.2 Å². The van der Waals surface area contributed by atoms with Crippen molar-refractivity contribution in [1.29, 1.82) is 0 Å². The van der Waals surface area contributed by atoms with Gasteiger partial charge in [-0.1, -0.05) is 6.58 Å². The highest BCUT2D eigenvalue weighted by Crippen LogP contribution is 2.13. The summed E-state index contributed by atoms with van der Waals surface area (Å²) in [6.45, 7) is 4.51. The molecule has 0 bridgehead atoms. The largest absolute Gasteiger partial charge is 0.361 e. The van der Waals surface area contributed by atoms with Gasteiger partial charge in [-0.25, -0.2) is 8.42 Å². The number of nitrogens with zero attached hydrogens (tertiary/aromatic N) is 1. The number of likely N-dealkylation sites (tertiary alicyclic amines) is 1. The van der Waals surface area contributed by atoms with Crippen molar-refractivity contribution < 1.29 is 13.2 Å². The smallest absolute Gasteiger partial charge is 0.171 e. The van der Waals surface area contributed by atoms with E-state index >= 15 is 0 Å². The third-order valence-electron chi connectivity index (χ3n) is 1.94. The Bertz CT molecular complexity index is 323. The van der Waals surface area contributed by atoms with Crippen molar-refractivity contribution in [2.24, 2.45) is 0 Å². The van der Waals surface area contributed by atoms with Crippen molar-refractivity contribution >= 4 is 15.6 Å². The van der Waals surface area contributed by atoms with E-state index in [1.54, 1.807) is 4.90 Å². The van der Waals surface area contributed by atoms with E-state index in [2.05, 4.69) is 6.58 Å². The van der Waals surface area contributed by atoms with Crippen molar-refractivity contribution in [1.82, 2.24) is 4.90 Å². The fourth-order valence-corrected chi connectivity index (χ4v) is 1.67. The third-order valence-corrected chi connectivity index (χ3v) is 2.89. The highest BCUT2D eigenvalue weighted by atomic mass is 32.2. The summed E-state index contributed by atoms with van der Waals surface area (Å²) in [7, 11) is -2.92. The molecule has 1 rings (SSSR count). The molecule has 5 heteroatoms. The zero-order valence-electron chi connectivity index (χ0n) is 7.62. The van der Waals surface area contributed by atoms with Crippen LogP contribution in [0.5, 0.6) is 0 Å². The first-order chi connectivity index (χ1) is 5.88. The molecule has 0 N–H and O–H groups in total. The number of ketones is 1. The molecule has 0 saturated carbocycles. The lowest BCUT2D eigenvalue weighted by molar-refractivity contribution is -0.127. The van der Waals surface area contributed by atoms with E-state index in [1.165, 1.54) is 6.26 Å². The van der Waals surface area contributed by atoms with Crippen LogP contribution in [0.1, 0.15) is 6.42 Å². The van der Waals surface area contributed by atoms with E-state index in [0.29, 0.717) is 19.5 Å². The predicted molar refractivity (Wildman–Crippen MR) is 50.0 cm³/mol. The second-order valence-electron chi connectivity index (χ2n) is 3.34. The Hall–Kier alpha value is -0.840.